The minimum absolute atomic E-state index is 0.479. The van der Waals surface area contributed by atoms with Gasteiger partial charge in [0.15, 0.2) is 10.7 Å². The van der Waals surface area contributed by atoms with Crippen molar-refractivity contribution < 1.29 is 4.42 Å². The van der Waals surface area contributed by atoms with E-state index in [1.807, 2.05) is 43.7 Å². The molecule has 3 rings (SSSR count). The molecule has 19 heavy (non-hydrogen) atoms. The lowest BCUT2D eigenvalue weighted by Crippen LogP contribution is -2.10. The Morgan fingerprint density at radius 1 is 1.26 bits per heavy atom. The van der Waals surface area contributed by atoms with Gasteiger partial charge in [-0.15, -0.1) is 11.3 Å². The van der Waals surface area contributed by atoms with Gasteiger partial charge in [-0.1, -0.05) is 12.1 Å². The summed E-state index contributed by atoms with van der Waals surface area (Å²) < 4.78 is 5.60. The molecule has 0 unspecified atom stereocenters. The predicted molar refractivity (Wildman–Crippen MR) is 76.8 cm³/mol. The van der Waals surface area contributed by atoms with Crippen molar-refractivity contribution >= 4 is 33.6 Å². The monoisotopic (exact) mass is 274 g/mol. The number of para-hydroxylation sites is 2. The van der Waals surface area contributed by atoms with Crippen LogP contribution in [-0.2, 0) is 6.54 Å². The molecule has 2 heterocycles. The van der Waals surface area contributed by atoms with Crippen LogP contribution in [0.25, 0.3) is 11.1 Å². The van der Waals surface area contributed by atoms with E-state index in [9.17, 15) is 0 Å². The first kappa shape index (κ1) is 12.1. The summed E-state index contributed by atoms with van der Waals surface area (Å²) in [7, 11) is 4.04. The van der Waals surface area contributed by atoms with Gasteiger partial charge in [0.2, 0.25) is 0 Å². The highest BCUT2D eigenvalue weighted by molar-refractivity contribution is 7.13. The van der Waals surface area contributed by atoms with Crippen LogP contribution in [0.5, 0.6) is 0 Å². The number of rotatable bonds is 4. The normalized spacial score (nSPS) is 11.3. The fraction of sp³-hybridized carbons (Fsp3) is 0.231. The van der Waals surface area contributed by atoms with E-state index >= 15 is 0 Å². The van der Waals surface area contributed by atoms with Crippen LogP contribution in [0, 0.1) is 0 Å². The number of nitrogens with one attached hydrogen (secondary N) is 1. The van der Waals surface area contributed by atoms with E-state index in [1.165, 1.54) is 0 Å². The summed E-state index contributed by atoms with van der Waals surface area (Å²) in [5, 5.41) is 5.93. The van der Waals surface area contributed by atoms with Crippen LogP contribution in [0.3, 0.4) is 0 Å². The standard InChI is InChI=1S/C13H14N4OS/c1-17(2)7-9-8-19-13(14-9)16-12-15-10-5-3-4-6-11(10)18-12/h3-6,8H,7H2,1-2H3,(H,14,15,16). The quantitative estimate of drug-likeness (QED) is 0.792. The topological polar surface area (TPSA) is 54.2 Å². The van der Waals surface area contributed by atoms with Gasteiger partial charge in [-0.2, -0.15) is 4.98 Å². The molecule has 0 aliphatic heterocycles. The summed E-state index contributed by atoms with van der Waals surface area (Å²) in [6.07, 6.45) is 0. The number of nitrogens with zero attached hydrogens (tertiary/aromatic N) is 3. The maximum Gasteiger partial charge on any atom is 0.302 e. The largest absolute Gasteiger partial charge is 0.423 e. The number of benzene rings is 1. The summed E-state index contributed by atoms with van der Waals surface area (Å²) in [5.74, 6) is 0. The summed E-state index contributed by atoms with van der Waals surface area (Å²) in [6, 6.07) is 8.16. The molecule has 1 N–H and O–H groups in total. The lowest BCUT2D eigenvalue weighted by molar-refractivity contribution is 0.398. The number of hydrogen-bond donors (Lipinski definition) is 1. The van der Waals surface area contributed by atoms with E-state index in [-0.39, 0.29) is 0 Å². The van der Waals surface area contributed by atoms with Crippen molar-refractivity contribution in [3.05, 3.63) is 35.3 Å². The van der Waals surface area contributed by atoms with Crippen LogP contribution >= 0.6 is 11.3 Å². The van der Waals surface area contributed by atoms with Crippen molar-refractivity contribution in [2.24, 2.45) is 0 Å². The molecule has 0 atom stereocenters. The molecule has 0 radical (unpaired) electrons. The van der Waals surface area contributed by atoms with Crippen LogP contribution < -0.4 is 5.32 Å². The Kier molecular flexibility index (Phi) is 3.18. The second-order valence-electron chi connectivity index (χ2n) is 4.49. The van der Waals surface area contributed by atoms with Gasteiger partial charge in [0.25, 0.3) is 0 Å². The lowest BCUT2D eigenvalue weighted by Gasteiger charge is -2.05. The van der Waals surface area contributed by atoms with Gasteiger partial charge in [0.1, 0.15) is 5.52 Å². The van der Waals surface area contributed by atoms with Gasteiger partial charge in [-0.3, -0.25) is 5.32 Å². The van der Waals surface area contributed by atoms with Crippen LogP contribution in [0.4, 0.5) is 11.1 Å². The van der Waals surface area contributed by atoms with Crippen molar-refractivity contribution in [2.75, 3.05) is 19.4 Å². The molecule has 6 heteroatoms. The number of hydrogen-bond acceptors (Lipinski definition) is 6. The predicted octanol–water partition coefficient (Wildman–Crippen LogP) is 3.09. The zero-order valence-electron chi connectivity index (χ0n) is 10.8. The van der Waals surface area contributed by atoms with Gasteiger partial charge < -0.3 is 9.32 Å². The van der Waals surface area contributed by atoms with E-state index in [0.717, 1.165) is 28.5 Å². The van der Waals surface area contributed by atoms with E-state index in [1.54, 1.807) is 11.3 Å². The number of fused-ring (bicyclic) bond motifs is 1. The molecular formula is C13H14N4OS. The second-order valence-corrected chi connectivity index (χ2v) is 5.35. The highest BCUT2D eigenvalue weighted by Crippen LogP contribution is 2.24. The van der Waals surface area contributed by atoms with Crippen molar-refractivity contribution in [3.8, 4) is 0 Å². The minimum atomic E-state index is 0.479. The van der Waals surface area contributed by atoms with Gasteiger partial charge in [-0.05, 0) is 26.2 Å². The van der Waals surface area contributed by atoms with Crippen LogP contribution in [0.2, 0.25) is 0 Å². The molecule has 0 aliphatic rings. The summed E-state index contributed by atoms with van der Waals surface area (Å²) in [4.78, 5) is 10.9. The van der Waals surface area contributed by atoms with Crippen molar-refractivity contribution in [1.29, 1.82) is 0 Å². The average molecular weight is 274 g/mol. The van der Waals surface area contributed by atoms with Crippen molar-refractivity contribution in [3.63, 3.8) is 0 Å². The fourth-order valence-corrected chi connectivity index (χ4v) is 2.47. The van der Waals surface area contributed by atoms with Gasteiger partial charge in [0.05, 0.1) is 5.69 Å². The summed E-state index contributed by atoms with van der Waals surface area (Å²) in [6.45, 7) is 0.825. The number of thiazole rings is 1. The molecule has 98 valence electrons. The third-order valence-electron chi connectivity index (χ3n) is 2.54. The fourth-order valence-electron chi connectivity index (χ4n) is 1.78. The highest BCUT2D eigenvalue weighted by atomic mass is 32.1. The van der Waals surface area contributed by atoms with Crippen LogP contribution in [0.15, 0.2) is 34.1 Å². The van der Waals surface area contributed by atoms with Gasteiger partial charge in [0, 0.05) is 11.9 Å². The van der Waals surface area contributed by atoms with E-state index < -0.39 is 0 Å². The molecule has 0 fully saturated rings. The molecule has 0 saturated heterocycles. The highest BCUT2D eigenvalue weighted by Gasteiger charge is 2.08. The molecule has 2 aromatic heterocycles. The first-order chi connectivity index (χ1) is 9.20. The first-order valence-corrected chi connectivity index (χ1v) is 6.80. The molecule has 0 bridgehead atoms. The Bertz CT molecular complexity index is 656. The second kappa shape index (κ2) is 4.99. The molecule has 0 amide bonds. The smallest absolute Gasteiger partial charge is 0.302 e. The SMILES string of the molecule is CN(C)Cc1csc(Nc2nc3ccccc3o2)n1. The minimum Gasteiger partial charge on any atom is -0.423 e. The maximum absolute atomic E-state index is 5.60. The van der Waals surface area contributed by atoms with E-state index in [0.29, 0.717) is 6.01 Å². The first-order valence-electron chi connectivity index (χ1n) is 5.92. The third-order valence-corrected chi connectivity index (χ3v) is 3.34. The lowest BCUT2D eigenvalue weighted by atomic mass is 10.3. The molecule has 5 nitrogen and oxygen atoms in total. The molecule has 3 aromatic rings. The third kappa shape index (κ3) is 2.74. The van der Waals surface area contributed by atoms with E-state index in [2.05, 4.69) is 20.2 Å². The Morgan fingerprint density at radius 3 is 2.89 bits per heavy atom. The Balaban J connectivity index is 1.78. The molecule has 0 saturated carbocycles. The summed E-state index contributed by atoms with van der Waals surface area (Å²) in [5.41, 5.74) is 2.65. The zero-order valence-corrected chi connectivity index (χ0v) is 11.6. The zero-order chi connectivity index (χ0) is 13.2. The molecule has 0 aliphatic carbocycles. The number of oxazole rings is 1. The van der Waals surface area contributed by atoms with Gasteiger partial charge in [-0.25, -0.2) is 4.98 Å². The Hall–Kier alpha value is -1.92. The maximum atomic E-state index is 5.60. The molecule has 1 aromatic carbocycles. The number of aromatic nitrogens is 2. The Morgan fingerprint density at radius 2 is 2.11 bits per heavy atom. The van der Waals surface area contributed by atoms with Crippen molar-refractivity contribution in [2.45, 2.75) is 6.54 Å². The summed E-state index contributed by atoms with van der Waals surface area (Å²) >= 11 is 1.55. The van der Waals surface area contributed by atoms with Crippen LogP contribution in [0.1, 0.15) is 5.69 Å². The molecule has 0 spiro atoms. The Labute approximate surface area is 114 Å². The number of anilines is 2. The van der Waals surface area contributed by atoms with Crippen molar-refractivity contribution in [1.82, 2.24) is 14.9 Å². The average Bonchev–Trinajstić information content (AvgIpc) is 2.94. The van der Waals surface area contributed by atoms with Gasteiger partial charge >= 0.3 is 6.01 Å². The van der Waals surface area contributed by atoms with Crippen LogP contribution in [-0.4, -0.2) is 29.0 Å². The molecular weight excluding hydrogens is 260 g/mol. The van der Waals surface area contributed by atoms with E-state index in [4.69, 9.17) is 4.42 Å².